The van der Waals surface area contributed by atoms with Crippen LogP contribution in [0.25, 0.3) is 0 Å². The molecule has 0 aromatic carbocycles. The molecule has 1 aromatic heterocycles. The zero-order chi connectivity index (χ0) is 10.6. The molecule has 0 bridgehead atoms. The maximum absolute atomic E-state index is 5.75. The van der Waals surface area contributed by atoms with Gasteiger partial charge in [0.25, 0.3) is 0 Å². The maximum Gasteiger partial charge on any atom is 0.145 e. The first-order valence-corrected chi connectivity index (χ1v) is 4.74. The van der Waals surface area contributed by atoms with Gasteiger partial charge in [-0.05, 0) is 19.8 Å². The third-order valence-electron chi connectivity index (χ3n) is 2.25. The van der Waals surface area contributed by atoms with Gasteiger partial charge < -0.3 is 16.2 Å². The van der Waals surface area contributed by atoms with Gasteiger partial charge in [-0.15, -0.1) is 0 Å². The molecule has 0 amide bonds. The largest absolute Gasteiger partial charge is 0.394 e. The third-order valence-corrected chi connectivity index (χ3v) is 2.25. The lowest BCUT2D eigenvalue weighted by Crippen LogP contribution is -2.11. The number of anilines is 2. The number of hydrogen-bond acceptors (Lipinski definition) is 4. The quantitative estimate of drug-likeness (QED) is 0.693. The van der Waals surface area contributed by atoms with Gasteiger partial charge in [0.2, 0.25) is 0 Å². The lowest BCUT2D eigenvalue weighted by molar-refractivity contribution is 0.187. The summed E-state index contributed by atoms with van der Waals surface area (Å²) in [4.78, 5) is 0. The minimum Gasteiger partial charge on any atom is -0.394 e. The summed E-state index contributed by atoms with van der Waals surface area (Å²) >= 11 is 0. The molecule has 0 radical (unpaired) electrons. The molecule has 14 heavy (non-hydrogen) atoms. The Kier molecular flexibility index (Phi) is 3.76. The van der Waals surface area contributed by atoms with Crippen LogP contribution in [0.5, 0.6) is 0 Å². The van der Waals surface area contributed by atoms with Gasteiger partial charge >= 0.3 is 0 Å². The van der Waals surface area contributed by atoms with Crippen LogP contribution in [0.1, 0.15) is 25.8 Å². The number of ether oxygens (including phenoxy) is 1. The first kappa shape index (κ1) is 10.8. The molecule has 0 fully saturated rings. The highest BCUT2D eigenvalue weighted by Crippen LogP contribution is 2.20. The average Bonchev–Trinajstić information content (AvgIpc) is 2.48. The van der Waals surface area contributed by atoms with Crippen molar-refractivity contribution in [2.45, 2.75) is 25.8 Å². The Bertz CT molecular complexity index is 284. The van der Waals surface area contributed by atoms with Crippen LogP contribution < -0.4 is 11.5 Å². The smallest absolute Gasteiger partial charge is 0.145 e. The second-order valence-electron chi connectivity index (χ2n) is 3.41. The van der Waals surface area contributed by atoms with Gasteiger partial charge in [0.15, 0.2) is 0 Å². The number of aromatic nitrogens is 2. The molecule has 0 spiro atoms. The van der Waals surface area contributed by atoms with E-state index in [1.54, 1.807) is 18.0 Å². The van der Waals surface area contributed by atoms with Crippen LogP contribution in [-0.2, 0) is 4.74 Å². The second kappa shape index (κ2) is 4.85. The summed E-state index contributed by atoms with van der Waals surface area (Å²) in [5.74, 6) is 0.551. The minimum atomic E-state index is 0.266. The van der Waals surface area contributed by atoms with Crippen LogP contribution in [0.4, 0.5) is 11.5 Å². The van der Waals surface area contributed by atoms with E-state index >= 15 is 0 Å². The van der Waals surface area contributed by atoms with Crippen LogP contribution >= 0.6 is 0 Å². The third kappa shape index (κ3) is 2.38. The van der Waals surface area contributed by atoms with Crippen LogP contribution in [-0.4, -0.2) is 23.5 Å². The molecule has 1 rings (SSSR count). The zero-order valence-corrected chi connectivity index (χ0v) is 8.73. The normalized spacial score (nSPS) is 13.0. The fourth-order valence-electron chi connectivity index (χ4n) is 1.38. The summed E-state index contributed by atoms with van der Waals surface area (Å²) in [5, 5.41) is 4.12. The Morgan fingerprint density at radius 1 is 1.57 bits per heavy atom. The van der Waals surface area contributed by atoms with Crippen molar-refractivity contribution in [1.29, 1.82) is 0 Å². The molecule has 4 N–H and O–H groups in total. The van der Waals surface area contributed by atoms with E-state index in [0.717, 1.165) is 19.4 Å². The molecule has 0 aliphatic carbocycles. The first-order valence-electron chi connectivity index (χ1n) is 4.74. The van der Waals surface area contributed by atoms with Gasteiger partial charge in [0.05, 0.1) is 17.9 Å². The van der Waals surface area contributed by atoms with Crippen molar-refractivity contribution in [3.63, 3.8) is 0 Å². The molecule has 80 valence electrons. The minimum absolute atomic E-state index is 0.266. The number of rotatable bonds is 5. The Hall–Kier alpha value is -1.23. The van der Waals surface area contributed by atoms with Crippen molar-refractivity contribution < 1.29 is 4.74 Å². The molecular formula is C9H18N4O. The molecular weight excluding hydrogens is 180 g/mol. The standard InChI is InChI=1S/C9H18N4O/c1-7(4-3-5-14-2)13-9(11)8(10)6-12-13/h6-7H,3-5,10-11H2,1-2H3. The Balaban J connectivity index is 2.52. The summed E-state index contributed by atoms with van der Waals surface area (Å²) in [5.41, 5.74) is 11.9. The van der Waals surface area contributed by atoms with Gasteiger partial charge in [-0.1, -0.05) is 0 Å². The molecule has 0 aliphatic rings. The van der Waals surface area contributed by atoms with E-state index < -0.39 is 0 Å². The highest BCUT2D eigenvalue weighted by molar-refractivity contribution is 5.57. The summed E-state index contributed by atoms with van der Waals surface area (Å²) < 4.78 is 6.73. The van der Waals surface area contributed by atoms with E-state index in [1.807, 2.05) is 0 Å². The molecule has 5 nitrogen and oxygen atoms in total. The number of nitrogens with two attached hydrogens (primary N) is 2. The van der Waals surface area contributed by atoms with Gasteiger partial charge in [-0.25, -0.2) is 4.68 Å². The highest BCUT2D eigenvalue weighted by atomic mass is 16.5. The lowest BCUT2D eigenvalue weighted by Gasteiger charge is -2.13. The Morgan fingerprint density at radius 2 is 2.29 bits per heavy atom. The maximum atomic E-state index is 5.75. The molecule has 0 saturated carbocycles. The summed E-state index contributed by atoms with van der Waals surface area (Å²) in [6.45, 7) is 2.83. The van der Waals surface area contributed by atoms with Gasteiger partial charge in [0, 0.05) is 13.7 Å². The van der Waals surface area contributed by atoms with Crippen molar-refractivity contribution in [2.75, 3.05) is 25.2 Å². The zero-order valence-electron chi connectivity index (χ0n) is 8.73. The van der Waals surface area contributed by atoms with E-state index in [2.05, 4.69) is 12.0 Å². The van der Waals surface area contributed by atoms with Gasteiger partial charge in [-0.3, -0.25) is 0 Å². The van der Waals surface area contributed by atoms with Crippen LogP contribution in [0.15, 0.2) is 6.20 Å². The SMILES string of the molecule is COCCCC(C)n1ncc(N)c1N. The second-order valence-corrected chi connectivity index (χ2v) is 3.41. The Morgan fingerprint density at radius 3 is 2.79 bits per heavy atom. The fourth-order valence-corrected chi connectivity index (χ4v) is 1.38. The molecule has 1 heterocycles. The van der Waals surface area contributed by atoms with Crippen molar-refractivity contribution in [2.24, 2.45) is 0 Å². The summed E-state index contributed by atoms with van der Waals surface area (Å²) in [6.07, 6.45) is 3.57. The van der Waals surface area contributed by atoms with Crippen molar-refractivity contribution in [1.82, 2.24) is 9.78 Å². The van der Waals surface area contributed by atoms with E-state index in [4.69, 9.17) is 16.2 Å². The number of nitrogens with zero attached hydrogens (tertiary/aromatic N) is 2. The number of hydrogen-bond donors (Lipinski definition) is 2. The predicted octanol–water partition coefficient (Wildman–Crippen LogP) is 1.04. The first-order chi connectivity index (χ1) is 6.66. The van der Waals surface area contributed by atoms with Crippen LogP contribution in [0.2, 0.25) is 0 Å². The van der Waals surface area contributed by atoms with Gasteiger partial charge in [0.1, 0.15) is 5.82 Å². The summed E-state index contributed by atoms with van der Waals surface area (Å²) in [7, 11) is 1.70. The lowest BCUT2D eigenvalue weighted by atomic mass is 10.2. The predicted molar refractivity (Wildman–Crippen MR) is 56.9 cm³/mol. The van der Waals surface area contributed by atoms with E-state index in [9.17, 15) is 0 Å². The molecule has 0 saturated heterocycles. The van der Waals surface area contributed by atoms with Crippen molar-refractivity contribution in [3.8, 4) is 0 Å². The van der Waals surface area contributed by atoms with Gasteiger partial charge in [-0.2, -0.15) is 5.10 Å². The molecule has 1 atom stereocenters. The number of methoxy groups -OCH3 is 1. The van der Waals surface area contributed by atoms with E-state index in [-0.39, 0.29) is 6.04 Å². The highest BCUT2D eigenvalue weighted by Gasteiger charge is 2.10. The van der Waals surface area contributed by atoms with E-state index in [1.165, 1.54) is 0 Å². The van der Waals surface area contributed by atoms with Crippen molar-refractivity contribution >= 4 is 11.5 Å². The molecule has 1 unspecified atom stereocenters. The van der Waals surface area contributed by atoms with Crippen LogP contribution in [0, 0.1) is 0 Å². The fraction of sp³-hybridized carbons (Fsp3) is 0.667. The number of nitrogen functional groups attached to an aromatic ring is 2. The average molecular weight is 198 g/mol. The molecule has 5 heteroatoms. The topological polar surface area (TPSA) is 79.1 Å². The summed E-state index contributed by atoms with van der Waals surface area (Å²) in [6, 6.07) is 0.266. The van der Waals surface area contributed by atoms with E-state index in [0.29, 0.717) is 11.5 Å². The molecule has 1 aromatic rings. The van der Waals surface area contributed by atoms with Crippen LogP contribution in [0.3, 0.4) is 0 Å². The molecule has 0 aliphatic heterocycles. The Labute approximate surface area is 84.0 Å². The monoisotopic (exact) mass is 198 g/mol. The van der Waals surface area contributed by atoms with Crippen molar-refractivity contribution in [3.05, 3.63) is 6.20 Å².